The molecule has 0 aromatic carbocycles. The fourth-order valence-corrected chi connectivity index (χ4v) is 1.16. The summed E-state index contributed by atoms with van der Waals surface area (Å²) in [6, 6.07) is 0. The third kappa shape index (κ3) is 38.3. The second kappa shape index (κ2) is 25.7. The summed E-state index contributed by atoms with van der Waals surface area (Å²) < 4.78 is 28.7. The van der Waals surface area contributed by atoms with Crippen LogP contribution < -0.4 is 12.3 Å². The summed E-state index contributed by atoms with van der Waals surface area (Å²) in [5.74, 6) is 0. The number of rotatable bonds is 7. The van der Waals surface area contributed by atoms with Crippen LogP contribution in [-0.2, 0) is 18.2 Å². The van der Waals surface area contributed by atoms with E-state index in [9.17, 15) is 9.13 Å². The van der Waals surface area contributed by atoms with E-state index in [1.807, 2.05) is 0 Å². The van der Waals surface area contributed by atoms with Crippen molar-refractivity contribution in [2.24, 2.45) is 0 Å². The summed E-state index contributed by atoms with van der Waals surface area (Å²) >= 11 is 0. The standard InChI is InChI=1S/C4H12O6P2.C2H4.2H3N.Na.H/c5-11(6)9-3-1-2-4-10-12(7)8;1-2;;;;/h11-12H,1-4H2,(H,5,6)(H,7,8);1-2H2;2*1H3;;. The molecule has 0 aliphatic heterocycles. The molecule has 0 rings (SSSR count). The van der Waals surface area contributed by atoms with Crippen LogP contribution in [0.15, 0.2) is 13.2 Å². The van der Waals surface area contributed by atoms with Gasteiger partial charge in [-0.2, -0.15) is 0 Å². The molecule has 11 heteroatoms. The minimum absolute atomic E-state index is 0. The van der Waals surface area contributed by atoms with Gasteiger partial charge in [-0.3, -0.25) is 9.13 Å². The zero-order valence-electron chi connectivity index (χ0n) is 9.18. The van der Waals surface area contributed by atoms with Gasteiger partial charge in [0.05, 0.1) is 13.2 Å². The Hall–Kier alpha value is 0.960. The fourth-order valence-electron chi connectivity index (χ4n) is 0.523. The first-order valence-electron chi connectivity index (χ1n) is 3.84. The summed E-state index contributed by atoms with van der Waals surface area (Å²) in [6.07, 6.45) is 1.07. The SMILES string of the molecule is C=C.N.N.O=[PH](O)OCCCCO[PH](=O)O.[NaH]. The molecule has 0 bridgehead atoms. The van der Waals surface area contributed by atoms with E-state index >= 15 is 0 Å². The van der Waals surface area contributed by atoms with E-state index < -0.39 is 16.5 Å². The molecule has 104 valence electrons. The molecule has 8 nitrogen and oxygen atoms in total. The van der Waals surface area contributed by atoms with Crippen LogP contribution in [0.5, 0.6) is 0 Å². The van der Waals surface area contributed by atoms with Crippen molar-refractivity contribution in [2.75, 3.05) is 13.2 Å². The molecule has 8 N–H and O–H groups in total. The molecule has 0 aromatic heterocycles. The molecule has 2 atom stereocenters. The van der Waals surface area contributed by atoms with Crippen molar-refractivity contribution < 1.29 is 28.0 Å². The van der Waals surface area contributed by atoms with Crippen LogP contribution in [0.25, 0.3) is 0 Å². The minimum atomic E-state index is -2.83. The Bertz CT molecular complexity index is 170. The van der Waals surface area contributed by atoms with Gasteiger partial charge in [0.25, 0.3) is 0 Å². The molecule has 2 unspecified atom stereocenters. The molecule has 0 aromatic rings. The maximum atomic E-state index is 9.99. The first-order chi connectivity index (χ1) is 6.63. The van der Waals surface area contributed by atoms with Crippen molar-refractivity contribution in [3.63, 3.8) is 0 Å². The van der Waals surface area contributed by atoms with E-state index in [4.69, 9.17) is 9.79 Å². The molecular weight excluding hydrogens is 281 g/mol. The summed E-state index contributed by atoms with van der Waals surface area (Å²) in [4.78, 5) is 16.4. The predicted molar refractivity (Wildman–Crippen MR) is 72.0 cm³/mol. The number of unbranched alkanes of at least 4 members (excludes halogenated alkanes) is 1. The van der Waals surface area contributed by atoms with Gasteiger partial charge in [0.1, 0.15) is 0 Å². The van der Waals surface area contributed by atoms with Crippen molar-refractivity contribution in [1.29, 1.82) is 0 Å². The van der Waals surface area contributed by atoms with Gasteiger partial charge in [-0.1, -0.05) is 0 Å². The maximum absolute atomic E-state index is 9.99. The molecule has 0 fully saturated rings. The van der Waals surface area contributed by atoms with Crippen molar-refractivity contribution in [3.05, 3.63) is 13.2 Å². The van der Waals surface area contributed by atoms with Crippen LogP contribution in [0.4, 0.5) is 0 Å². The first-order valence-corrected chi connectivity index (χ1v) is 6.37. The van der Waals surface area contributed by atoms with Crippen molar-refractivity contribution in [2.45, 2.75) is 12.8 Å². The van der Waals surface area contributed by atoms with Gasteiger partial charge >= 0.3 is 46.1 Å². The monoisotopic (exact) mass is 304 g/mol. The normalized spacial score (nSPS) is 11.4. The second-order valence-corrected chi connectivity index (χ2v) is 3.58. The Morgan fingerprint density at radius 3 is 1.29 bits per heavy atom. The van der Waals surface area contributed by atoms with Crippen LogP contribution >= 0.6 is 16.5 Å². The van der Waals surface area contributed by atoms with Crippen LogP contribution in [0.2, 0.25) is 0 Å². The van der Waals surface area contributed by atoms with Crippen LogP contribution in [0.1, 0.15) is 12.8 Å². The van der Waals surface area contributed by atoms with Crippen molar-refractivity contribution in [3.8, 4) is 0 Å². The number of hydrogen-bond acceptors (Lipinski definition) is 6. The second-order valence-electron chi connectivity index (χ2n) is 1.94. The van der Waals surface area contributed by atoms with Gasteiger partial charge in [-0.05, 0) is 12.8 Å². The zero-order chi connectivity index (χ0) is 11.4. The van der Waals surface area contributed by atoms with Crippen LogP contribution in [0.3, 0.4) is 0 Å². The molecule has 17 heavy (non-hydrogen) atoms. The summed E-state index contributed by atoms with van der Waals surface area (Å²) in [6.45, 7) is 6.34. The average molecular weight is 304 g/mol. The van der Waals surface area contributed by atoms with Crippen molar-refractivity contribution >= 4 is 46.1 Å². The Labute approximate surface area is 125 Å². The van der Waals surface area contributed by atoms with Gasteiger partial charge in [-0.15, -0.1) is 13.2 Å². The molecule has 0 aliphatic carbocycles. The third-order valence-electron chi connectivity index (χ3n) is 0.990. The Kier molecular flexibility index (Phi) is 46.5. The average Bonchev–Trinajstić information content (AvgIpc) is 2.13. The van der Waals surface area contributed by atoms with E-state index in [0.717, 1.165) is 0 Å². The quantitative estimate of drug-likeness (QED) is 0.234. The van der Waals surface area contributed by atoms with E-state index in [1.165, 1.54) is 0 Å². The molecule has 0 spiro atoms. The van der Waals surface area contributed by atoms with Gasteiger partial charge in [-0.25, -0.2) is 0 Å². The van der Waals surface area contributed by atoms with Crippen molar-refractivity contribution in [1.82, 2.24) is 12.3 Å². The molecule has 0 aliphatic rings. The Balaban J connectivity index is -0.0000000907. The predicted octanol–water partition coefficient (Wildman–Crippen LogP) is 1.04. The van der Waals surface area contributed by atoms with Gasteiger partial charge in [0.15, 0.2) is 0 Å². The van der Waals surface area contributed by atoms with Gasteiger partial charge in [0.2, 0.25) is 0 Å². The topological polar surface area (TPSA) is 163 Å². The van der Waals surface area contributed by atoms with E-state index in [1.54, 1.807) is 0 Å². The van der Waals surface area contributed by atoms with E-state index in [-0.39, 0.29) is 55.1 Å². The third-order valence-corrected chi connectivity index (χ3v) is 1.89. The van der Waals surface area contributed by atoms with E-state index in [2.05, 4.69) is 22.2 Å². The first kappa shape index (κ1) is 30.8. The van der Waals surface area contributed by atoms with Crippen LogP contribution in [-0.4, -0.2) is 52.6 Å². The van der Waals surface area contributed by atoms with Gasteiger partial charge in [0, 0.05) is 0 Å². The fraction of sp³-hybridized carbons (Fsp3) is 0.667. The zero-order valence-corrected chi connectivity index (χ0v) is 11.2. The molecule has 0 amide bonds. The van der Waals surface area contributed by atoms with Crippen LogP contribution in [0, 0.1) is 0 Å². The molecule has 0 radical (unpaired) electrons. The molecular formula is C6H23N2NaO6P2. The summed E-state index contributed by atoms with van der Waals surface area (Å²) in [7, 11) is -5.67. The molecule has 0 saturated carbocycles. The van der Waals surface area contributed by atoms with E-state index in [0.29, 0.717) is 12.8 Å². The molecule has 0 heterocycles. The summed E-state index contributed by atoms with van der Waals surface area (Å²) in [5, 5.41) is 0. The Morgan fingerprint density at radius 2 is 1.12 bits per heavy atom. The Morgan fingerprint density at radius 1 is 0.882 bits per heavy atom. The molecule has 0 saturated heterocycles. The van der Waals surface area contributed by atoms with Gasteiger partial charge < -0.3 is 31.1 Å². The number of hydrogen-bond donors (Lipinski definition) is 4. The summed E-state index contributed by atoms with van der Waals surface area (Å²) in [5.41, 5.74) is 0.